The summed E-state index contributed by atoms with van der Waals surface area (Å²) in [5.41, 5.74) is 3.04. The zero-order valence-electron chi connectivity index (χ0n) is 19.5. The van der Waals surface area contributed by atoms with Gasteiger partial charge in [0, 0.05) is 29.7 Å². The highest BCUT2D eigenvalue weighted by Crippen LogP contribution is 2.40. The van der Waals surface area contributed by atoms with Crippen LogP contribution in [0.15, 0.2) is 54.1 Å². The molecule has 2 fully saturated rings. The third kappa shape index (κ3) is 4.25. The maximum absolute atomic E-state index is 13.0. The summed E-state index contributed by atoms with van der Waals surface area (Å²) in [5.74, 6) is -2.26. The minimum Gasteiger partial charge on any atom is -0.426 e. The fourth-order valence-electron chi connectivity index (χ4n) is 5.04. The van der Waals surface area contributed by atoms with Gasteiger partial charge in [0.25, 0.3) is 0 Å². The number of anilines is 2. The van der Waals surface area contributed by atoms with Crippen molar-refractivity contribution in [3.63, 3.8) is 0 Å². The lowest BCUT2D eigenvalue weighted by Gasteiger charge is -2.18. The molecule has 3 aliphatic rings. The van der Waals surface area contributed by atoms with Crippen molar-refractivity contribution in [3.8, 4) is 5.75 Å². The van der Waals surface area contributed by atoms with Crippen LogP contribution in [0.5, 0.6) is 5.75 Å². The number of imide groups is 1. The Morgan fingerprint density at radius 1 is 0.971 bits per heavy atom. The van der Waals surface area contributed by atoms with Gasteiger partial charge in [-0.05, 0) is 56.5 Å². The first-order valence-electron chi connectivity index (χ1n) is 11.6. The molecule has 0 aromatic heterocycles. The van der Waals surface area contributed by atoms with Crippen molar-refractivity contribution >= 4 is 46.7 Å². The van der Waals surface area contributed by atoms with Gasteiger partial charge in [0.05, 0.1) is 23.4 Å². The van der Waals surface area contributed by atoms with E-state index in [1.165, 1.54) is 15.9 Å². The molecule has 3 atom stereocenters. The van der Waals surface area contributed by atoms with Crippen molar-refractivity contribution in [2.24, 2.45) is 17.8 Å². The van der Waals surface area contributed by atoms with Gasteiger partial charge in [0.2, 0.25) is 17.7 Å². The summed E-state index contributed by atoms with van der Waals surface area (Å²) in [7, 11) is 0. The molecule has 0 unspecified atom stereocenters. The fourth-order valence-corrected chi connectivity index (χ4v) is 5.22. The number of benzene rings is 2. The largest absolute Gasteiger partial charge is 0.426 e. The Morgan fingerprint density at radius 2 is 1.74 bits per heavy atom. The number of esters is 1. The molecule has 180 valence electrons. The van der Waals surface area contributed by atoms with E-state index >= 15 is 0 Å². The van der Waals surface area contributed by atoms with Crippen LogP contribution in [0, 0.1) is 24.7 Å². The number of allylic oxidation sites excluding steroid dienone is 2. The molecule has 2 aromatic carbocycles. The number of carbonyl (C=O) groups is 4. The normalized spacial score (nSPS) is 24.0. The Balaban J connectivity index is 1.29. The quantitative estimate of drug-likeness (QED) is 0.272. The Bertz CT molecular complexity index is 1290. The zero-order valence-corrected chi connectivity index (χ0v) is 20.2. The molecule has 0 bridgehead atoms. The number of hydrogen-bond acceptors (Lipinski definition) is 5. The number of hydrogen-bond donors (Lipinski definition) is 0. The van der Waals surface area contributed by atoms with Gasteiger partial charge in [-0.25, -0.2) is 4.90 Å². The minimum atomic E-state index is -0.641. The monoisotopic (exact) mass is 492 g/mol. The third-order valence-electron chi connectivity index (χ3n) is 7.04. The predicted octanol–water partition coefficient (Wildman–Crippen LogP) is 4.45. The standard InChI is InChI=1S/C27H25ClN2O5/c1-15-6-9-21-22(10-15)26(33)30(25(21)32)19-4-3-5-20(12-19)35-27(34)17-11-24(31)29(14-17)18-8-7-16(2)23(28)13-18/h3-8,12-13,17,21-22H,9-11,14H2,1-2H3/t17-,21+,22+/m1/s1. The van der Waals surface area contributed by atoms with Gasteiger partial charge in [-0.1, -0.05) is 35.4 Å². The van der Waals surface area contributed by atoms with Crippen LogP contribution in [0.25, 0.3) is 0 Å². The van der Waals surface area contributed by atoms with Gasteiger partial charge >= 0.3 is 5.97 Å². The van der Waals surface area contributed by atoms with Crippen LogP contribution in [-0.4, -0.2) is 30.2 Å². The van der Waals surface area contributed by atoms with E-state index < -0.39 is 11.9 Å². The summed E-state index contributed by atoms with van der Waals surface area (Å²) in [4.78, 5) is 54.2. The Kier molecular flexibility index (Phi) is 5.97. The molecule has 2 heterocycles. The van der Waals surface area contributed by atoms with Gasteiger partial charge in [0.1, 0.15) is 5.75 Å². The van der Waals surface area contributed by atoms with Crippen molar-refractivity contribution in [2.75, 3.05) is 16.3 Å². The molecule has 2 aromatic rings. The molecule has 5 rings (SSSR count). The van der Waals surface area contributed by atoms with E-state index in [-0.39, 0.29) is 48.3 Å². The Morgan fingerprint density at radius 3 is 2.51 bits per heavy atom. The van der Waals surface area contributed by atoms with Crippen LogP contribution in [0.4, 0.5) is 11.4 Å². The average molecular weight is 493 g/mol. The van der Waals surface area contributed by atoms with E-state index in [0.717, 1.165) is 11.1 Å². The molecule has 0 N–H and O–H groups in total. The minimum absolute atomic E-state index is 0.0306. The summed E-state index contributed by atoms with van der Waals surface area (Å²) in [6.07, 6.45) is 3.19. The second-order valence-electron chi connectivity index (χ2n) is 9.47. The molecule has 8 heteroatoms. The average Bonchev–Trinajstić information content (AvgIpc) is 3.33. The van der Waals surface area contributed by atoms with Gasteiger partial charge in [-0.2, -0.15) is 0 Å². The molecule has 7 nitrogen and oxygen atoms in total. The lowest BCUT2D eigenvalue weighted by Crippen LogP contribution is -2.31. The molecule has 0 spiro atoms. The SMILES string of the molecule is CC1=CC[C@@H]2C(=O)N(c3cccc(OC(=O)[C@@H]4CC(=O)N(c5ccc(C)c(Cl)c5)C4)c3)C(=O)[C@H]2C1. The number of aryl methyl sites for hydroxylation is 1. The Labute approximate surface area is 208 Å². The van der Waals surface area contributed by atoms with Crippen LogP contribution in [-0.2, 0) is 19.2 Å². The van der Waals surface area contributed by atoms with Crippen LogP contribution in [0.2, 0.25) is 5.02 Å². The van der Waals surface area contributed by atoms with Gasteiger partial charge in [-0.15, -0.1) is 0 Å². The molecule has 35 heavy (non-hydrogen) atoms. The number of ether oxygens (including phenoxy) is 1. The van der Waals surface area contributed by atoms with Gasteiger partial charge in [-0.3, -0.25) is 19.2 Å². The molecule has 1 aliphatic carbocycles. The number of fused-ring (bicyclic) bond motifs is 1. The molecular formula is C27H25ClN2O5. The van der Waals surface area contributed by atoms with E-state index in [1.807, 2.05) is 26.0 Å². The summed E-state index contributed by atoms with van der Waals surface area (Å²) in [5, 5.41) is 0.551. The van der Waals surface area contributed by atoms with Crippen molar-refractivity contribution in [1.82, 2.24) is 0 Å². The molecule has 2 aliphatic heterocycles. The topological polar surface area (TPSA) is 84.0 Å². The maximum atomic E-state index is 13.0. The zero-order chi connectivity index (χ0) is 24.9. The number of rotatable bonds is 4. The lowest BCUT2D eigenvalue weighted by atomic mass is 9.82. The summed E-state index contributed by atoms with van der Waals surface area (Å²) >= 11 is 6.20. The van der Waals surface area contributed by atoms with Crippen molar-refractivity contribution in [3.05, 3.63) is 64.7 Å². The van der Waals surface area contributed by atoms with Crippen molar-refractivity contribution in [1.29, 1.82) is 0 Å². The molecular weight excluding hydrogens is 468 g/mol. The highest BCUT2D eigenvalue weighted by atomic mass is 35.5. The first-order chi connectivity index (χ1) is 16.7. The fraction of sp³-hybridized carbons (Fsp3) is 0.333. The molecule has 2 saturated heterocycles. The van der Waals surface area contributed by atoms with Gasteiger partial charge < -0.3 is 9.64 Å². The predicted molar refractivity (Wildman–Crippen MR) is 131 cm³/mol. The van der Waals surface area contributed by atoms with Gasteiger partial charge in [0.15, 0.2) is 0 Å². The van der Waals surface area contributed by atoms with Crippen LogP contribution < -0.4 is 14.5 Å². The summed E-state index contributed by atoms with van der Waals surface area (Å²) in [6.45, 7) is 4.04. The summed E-state index contributed by atoms with van der Waals surface area (Å²) in [6, 6.07) is 11.8. The molecule has 0 saturated carbocycles. The van der Waals surface area contributed by atoms with Crippen LogP contribution >= 0.6 is 11.6 Å². The number of carbonyl (C=O) groups excluding carboxylic acids is 4. The van der Waals surface area contributed by atoms with E-state index in [9.17, 15) is 19.2 Å². The van der Waals surface area contributed by atoms with E-state index in [4.69, 9.17) is 16.3 Å². The third-order valence-corrected chi connectivity index (χ3v) is 7.45. The number of nitrogens with zero attached hydrogens (tertiary/aromatic N) is 2. The first-order valence-corrected chi connectivity index (χ1v) is 12.0. The molecule has 0 radical (unpaired) electrons. The van der Waals surface area contributed by atoms with E-state index in [1.54, 1.807) is 30.3 Å². The Hall–Kier alpha value is -3.45. The second kappa shape index (κ2) is 8.96. The molecule has 3 amide bonds. The van der Waals surface area contributed by atoms with Crippen LogP contribution in [0.1, 0.15) is 31.7 Å². The van der Waals surface area contributed by atoms with Crippen molar-refractivity contribution < 1.29 is 23.9 Å². The number of amides is 3. The maximum Gasteiger partial charge on any atom is 0.316 e. The van der Waals surface area contributed by atoms with E-state index in [0.29, 0.717) is 29.2 Å². The number of halogens is 1. The highest BCUT2D eigenvalue weighted by molar-refractivity contribution is 6.31. The highest BCUT2D eigenvalue weighted by Gasteiger charge is 2.48. The lowest BCUT2D eigenvalue weighted by molar-refractivity contribution is -0.139. The second-order valence-corrected chi connectivity index (χ2v) is 9.88. The van der Waals surface area contributed by atoms with Crippen molar-refractivity contribution in [2.45, 2.75) is 33.1 Å². The van der Waals surface area contributed by atoms with Crippen LogP contribution in [0.3, 0.4) is 0 Å². The summed E-state index contributed by atoms with van der Waals surface area (Å²) < 4.78 is 5.58. The van der Waals surface area contributed by atoms with E-state index in [2.05, 4.69) is 0 Å². The smallest absolute Gasteiger partial charge is 0.316 e. The first kappa shape index (κ1) is 23.3.